The first-order valence-electron chi connectivity index (χ1n) is 4.87. The summed E-state index contributed by atoms with van der Waals surface area (Å²) < 4.78 is 13.1. The Labute approximate surface area is 91.1 Å². The fraction of sp³-hybridized carbons (Fsp3) is 0.273. The Morgan fingerprint density at radius 1 is 1.27 bits per heavy atom. The van der Waals surface area contributed by atoms with E-state index in [0.29, 0.717) is 5.92 Å². The van der Waals surface area contributed by atoms with Gasteiger partial charge in [-0.25, -0.2) is 14.4 Å². The van der Waals surface area contributed by atoms with E-state index in [1.54, 1.807) is 6.07 Å². The molecule has 0 N–H and O–H groups in total. The van der Waals surface area contributed by atoms with Gasteiger partial charge in [-0.2, -0.15) is 0 Å². The highest BCUT2D eigenvalue weighted by Crippen LogP contribution is 2.42. The molecule has 3 rings (SSSR count). The molecule has 1 aromatic carbocycles. The molecule has 1 fully saturated rings. The maximum atomic E-state index is 13.1. The summed E-state index contributed by atoms with van der Waals surface area (Å²) >= 11 is 5.82. The molecule has 0 amide bonds. The molecule has 1 heterocycles. The van der Waals surface area contributed by atoms with E-state index in [4.69, 9.17) is 11.6 Å². The number of aromatic nitrogens is 2. The van der Waals surface area contributed by atoms with Gasteiger partial charge < -0.3 is 0 Å². The summed E-state index contributed by atoms with van der Waals surface area (Å²) in [5, 5.41) is 1.04. The summed E-state index contributed by atoms with van der Waals surface area (Å²) in [4.78, 5) is 8.27. The van der Waals surface area contributed by atoms with Gasteiger partial charge in [-0.1, -0.05) is 0 Å². The Morgan fingerprint density at radius 3 is 2.80 bits per heavy atom. The normalized spacial score (nSPS) is 15.9. The van der Waals surface area contributed by atoms with Crippen LogP contribution in [0.3, 0.4) is 0 Å². The van der Waals surface area contributed by atoms with E-state index in [0.717, 1.165) is 29.4 Å². The van der Waals surface area contributed by atoms with Crippen LogP contribution >= 0.6 is 11.6 Å². The van der Waals surface area contributed by atoms with Crippen LogP contribution in [0.25, 0.3) is 10.9 Å². The van der Waals surface area contributed by atoms with Gasteiger partial charge in [-0.15, -0.1) is 0 Å². The minimum Gasteiger partial charge on any atom is -0.222 e. The van der Waals surface area contributed by atoms with Gasteiger partial charge in [0.25, 0.3) is 0 Å². The van der Waals surface area contributed by atoms with Crippen molar-refractivity contribution in [1.29, 1.82) is 0 Å². The number of fused-ring (bicyclic) bond motifs is 1. The second-order valence-corrected chi connectivity index (χ2v) is 4.15. The summed E-state index contributed by atoms with van der Waals surface area (Å²) in [6.07, 6.45) is 2.22. The van der Waals surface area contributed by atoms with Crippen LogP contribution in [-0.2, 0) is 0 Å². The van der Waals surface area contributed by atoms with Crippen molar-refractivity contribution in [3.05, 3.63) is 35.0 Å². The zero-order chi connectivity index (χ0) is 10.4. The zero-order valence-corrected chi connectivity index (χ0v) is 8.63. The van der Waals surface area contributed by atoms with Gasteiger partial charge in [0.1, 0.15) is 5.82 Å². The maximum Gasteiger partial charge on any atom is 0.223 e. The fourth-order valence-electron chi connectivity index (χ4n) is 1.76. The van der Waals surface area contributed by atoms with Crippen LogP contribution in [-0.4, -0.2) is 9.97 Å². The zero-order valence-electron chi connectivity index (χ0n) is 7.87. The third-order valence-electron chi connectivity index (χ3n) is 2.62. The first kappa shape index (κ1) is 9.04. The highest BCUT2D eigenvalue weighted by Gasteiger charge is 2.27. The number of nitrogens with zero attached hydrogens (tertiary/aromatic N) is 2. The molecular weight excluding hydrogens is 215 g/mol. The minimum absolute atomic E-state index is 0.246. The first-order chi connectivity index (χ1) is 7.24. The SMILES string of the molecule is Fc1ccc2nc(Cl)nc(C3CC3)c2c1. The smallest absolute Gasteiger partial charge is 0.222 e. The van der Waals surface area contributed by atoms with E-state index in [2.05, 4.69) is 9.97 Å². The average Bonchev–Trinajstić information content (AvgIpc) is 3.01. The van der Waals surface area contributed by atoms with Crippen LogP contribution < -0.4 is 0 Å². The number of rotatable bonds is 1. The van der Waals surface area contributed by atoms with E-state index in [1.807, 2.05) is 0 Å². The average molecular weight is 223 g/mol. The van der Waals surface area contributed by atoms with Crippen LogP contribution in [0, 0.1) is 5.82 Å². The maximum absolute atomic E-state index is 13.1. The van der Waals surface area contributed by atoms with E-state index in [9.17, 15) is 4.39 Å². The van der Waals surface area contributed by atoms with Crippen molar-refractivity contribution >= 4 is 22.5 Å². The number of hydrogen-bond acceptors (Lipinski definition) is 2. The van der Waals surface area contributed by atoms with Crippen molar-refractivity contribution in [3.8, 4) is 0 Å². The van der Waals surface area contributed by atoms with Gasteiger partial charge >= 0.3 is 0 Å². The predicted molar refractivity (Wildman–Crippen MR) is 56.5 cm³/mol. The molecule has 0 unspecified atom stereocenters. The molecule has 1 aromatic heterocycles. The number of benzene rings is 1. The second-order valence-electron chi connectivity index (χ2n) is 3.81. The number of hydrogen-bond donors (Lipinski definition) is 0. The topological polar surface area (TPSA) is 25.8 Å². The fourth-order valence-corrected chi connectivity index (χ4v) is 1.95. The molecule has 0 atom stereocenters. The van der Waals surface area contributed by atoms with Crippen LogP contribution in [0.5, 0.6) is 0 Å². The Kier molecular flexibility index (Phi) is 1.89. The summed E-state index contributed by atoms with van der Waals surface area (Å²) in [6, 6.07) is 4.52. The van der Waals surface area contributed by atoms with Gasteiger partial charge in [0.15, 0.2) is 0 Å². The lowest BCUT2D eigenvalue weighted by molar-refractivity contribution is 0.629. The molecule has 1 aliphatic carbocycles. The molecule has 0 spiro atoms. The van der Waals surface area contributed by atoms with Gasteiger partial charge in [-0.05, 0) is 42.6 Å². The van der Waals surface area contributed by atoms with Crippen LogP contribution in [0.4, 0.5) is 4.39 Å². The third-order valence-corrected chi connectivity index (χ3v) is 2.79. The van der Waals surface area contributed by atoms with Crippen LogP contribution in [0.15, 0.2) is 18.2 Å². The molecule has 76 valence electrons. The number of halogens is 2. The largest absolute Gasteiger partial charge is 0.223 e. The molecule has 2 aromatic rings. The van der Waals surface area contributed by atoms with E-state index in [-0.39, 0.29) is 11.1 Å². The van der Waals surface area contributed by atoms with Crippen molar-refractivity contribution < 1.29 is 4.39 Å². The summed E-state index contributed by atoms with van der Waals surface area (Å²) in [5.41, 5.74) is 1.61. The third kappa shape index (κ3) is 1.57. The molecular formula is C11H8ClFN2. The van der Waals surface area contributed by atoms with Crippen LogP contribution in [0.1, 0.15) is 24.5 Å². The first-order valence-corrected chi connectivity index (χ1v) is 5.24. The van der Waals surface area contributed by atoms with Crippen molar-refractivity contribution in [2.45, 2.75) is 18.8 Å². The minimum atomic E-state index is -0.254. The lowest BCUT2D eigenvalue weighted by atomic mass is 10.1. The molecule has 1 aliphatic rings. The van der Waals surface area contributed by atoms with Gasteiger partial charge in [-0.3, -0.25) is 0 Å². The second kappa shape index (κ2) is 3.14. The van der Waals surface area contributed by atoms with Gasteiger partial charge in [0.2, 0.25) is 5.28 Å². The Morgan fingerprint density at radius 2 is 2.07 bits per heavy atom. The quantitative estimate of drug-likeness (QED) is 0.692. The highest BCUT2D eigenvalue weighted by molar-refractivity contribution is 6.28. The lowest BCUT2D eigenvalue weighted by Gasteiger charge is -2.04. The van der Waals surface area contributed by atoms with Crippen molar-refractivity contribution in [1.82, 2.24) is 9.97 Å². The molecule has 1 saturated carbocycles. The molecule has 2 nitrogen and oxygen atoms in total. The Hall–Kier alpha value is -1.22. The molecule has 4 heteroatoms. The molecule has 0 bridgehead atoms. The predicted octanol–water partition coefficient (Wildman–Crippen LogP) is 3.30. The van der Waals surface area contributed by atoms with Crippen LogP contribution in [0.2, 0.25) is 5.28 Å². The lowest BCUT2D eigenvalue weighted by Crippen LogP contribution is -1.94. The monoisotopic (exact) mass is 222 g/mol. The standard InChI is InChI=1S/C11H8ClFN2/c12-11-14-9-4-3-7(13)5-8(9)10(15-11)6-1-2-6/h3-6H,1-2H2. The van der Waals surface area contributed by atoms with E-state index >= 15 is 0 Å². The van der Waals surface area contributed by atoms with Crippen molar-refractivity contribution in [3.63, 3.8) is 0 Å². The Balaban J connectivity index is 2.34. The molecule has 15 heavy (non-hydrogen) atoms. The van der Waals surface area contributed by atoms with E-state index < -0.39 is 0 Å². The molecule has 0 saturated heterocycles. The summed E-state index contributed by atoms with van der Waals surface area (Å²) in [6.45, 7) is 0. The van der Waals surface area contributed by atoms with E-state index in [1.165, 1.54) is 12.1 Å². The van der Waals surface area contributed by atoms with Gasteiger partial charge in [0.05, 0.1) is 11.2 Å². The van der Waals surface area contributed by atoms with Gasteiger partial charge in [0, 0.05) is 11.3 Å². The Bertz CT molecular complexity index is 537. The summed E-state index contributed by atoms with van der Waals surface area (Å²) in [5.74, 6) is 0.185. The highest BCUT2D eigenvalue weighted by atomic mass is 35.5. The molecule has 0 aliphatic heterocycles. The summed E-state index contributed by atoms with van der Waals surface area (Å²) in [7, 11) is 0. The van der Waals surface area contributed by atoms with Crippen molar-refractivity contribution in [2.24, 2.45) is 0 Å². The van der Waals surface area contributed by atoms with Crippen molar-refractivity contribution in [2.75, 3.05) is 0 Å². The molecule has 0 radical (unpaired) electrons.